The number of benzene rings is 2. The van der Waals surface area contributed by atoms with Crippen molar-refractivity contribution in [3.63, 3.8) is 0 Å². The molecule has 2 rings (SSSR count). The summed E-state index contributed by atoms with van der Waals surface area (Å²) in [5, 5.41) is 8.80. The van der Waals surface area contributed by atoms with Gasteiger partial charge >= 0.3 is 0 Å². The van der Waals surface area contributed by atoms with Crippen LogP contribution in [-0.4, -0.2) is 0 Å². The molecule has 0 saturated heterocycles. The Kier molecular flexibility index (Phi) is 7.35. The van der Waals surface area contributed by atoms with E-state index in [0.717, 1.165) is 36.8 Å². The molecule has 0 fully saturated rings. The van der Waals surface area contributed by atoms with Gasteiger partial charge in [0.05, 0.1) is 11.6 Å². The summed E-state index contributed by atoms with van der Waals surface area (Å²) in [6.07, 6.45) is 4.40. The molecular formula is C22H23F2N. The fourth-order valence-electron chi connectivity index (χ4n) is 2.65. The minimum atomic E-state index is -0.741. The van der Waals surface area contributed by atoms with Crippen molar-refractivity contribution in [2.45, 2.75) is 45.4 Å². The predicted octanol–water partition coefficient (Wildman–Crippen LogP) is 6.53. The van der Waals surface area contributed by atoms with E-state index < -0.39 is 11.7 Å². The lowest BCUT2D eigenvalue weighted by Gasteiger charge is -2.05. The molecule has 0 bridgehead atoms. The fourth-order valence-corrected chi connectivity index (χ4v) is 2.65. The topological polar surface area (TPSA) is 23.8 Å². The number of hydrogen-bond donors (Lipinski definition) is 0. The van der Waals surface area contributed by atoms with Gasteiger partial charge in [-0.15, -0.1) is 0 Å². The maximum Gasteiger partial charge on any atom is 0.161 e. The Morgan fingerprint density at radius 1 is 0.880 bits per heavy atom. The average molecular weight is 339 g/mol. The van der Waals surface area contributed by atoms with Crippen LogP contribution in [0.1, 0.15) is 54.9 Å². The van der Waals surface area contributed by atoms with Crippen molar-refractivity contribution in [3.8, 4) is 6.07 Å². The molecule has 0 aliphatic carbocycles. The zero-order valence-corrected chi connectivity index (χ0v) is 14.6. The van der Waals surface area contributed by atoms with Crippen molar-refractivity contribution in [3.05, 3.63) is 76.6 Å². The molecule has 0 atom stereocenters. The van der Waals surface area contributed by atoms with Crippen LogP contribution in [0.5, 0.6) is 0 Å². The van der Waals surface area contributed by atoms with E-state index in [4.69, 9.17) is 5.26 Å². The fraction of sp³-hybridized carbons (Fsp3) is 0.318. The van der Waals surface area contributed by atoms with Crippen molar-refractivity contribution >= 4 is 5.83 Å². The second-order valence-electron chi connectivity index (χ2n) is 6.18. The molecule has 0 aromatic heterocycles. The van der Waals surface area contributed by atoms with E-state index in [1.54, 1.807) is 24.3 Å². The number of aryl methyl sites for hydroxylation is 2. The quantitative estimate of drug-likeness (QED) is 0.501. The average Bonchev–Trinajstić information content (AvgIpc) is 2.66. The first kappa shape index (κ1) is 18.9. The van der Waals surface area contributed by atoms with E-state index in [9.17, 15) is 8.78 Å². The van der Waals surface area contributed by atoms with Crippen molar-refractivity contribution < 1.29 is 8.78 Å². The summed E-state index contributed by atoms with van der Waals surface area (Å²) in [6, 6.07) is 16.6. The molecule has 2 aromatic carbocycles. The molecule has 0 radical (unpaired) electrons. The SMILES string of the molecule is CCCCC/C(F)=C(\F)c1ccc(CCc2ccc(C#N)cc2)cc1. The summed E-state index contributed by atoms with van der Waals surface area (Å²) in [7, 11) is 0. The van der Waals surface area contributed by atoms with Gasteiger partial charge in [0.1, 0.15) is 5.83 Å². The van der Waals surface area contributed by atoms with Gasteiger partial charge in [-0.3, -0.25) is 0 Å². The molecule has 130 valence electrons. The smallest absolute Gasteiger partial charge is 0.161 e. The van der Waals surface area contributed by atoms with E-state index >= 15 is 0 Å². The zero-order valence-electron chi connectivity index (χ0n) is 14.6. The molecule has 0 amide bonds. The summed E-state index contributed by atoms with van der Waals surface area (Å²) in [5.41, 5.74) is 3.18. The van der Waals surface area contributed by atoms with Gasteiger partial charge in [0.2, 0.25) is 0 Å². The van der Waals surface area contributed by atoms with Crippen LogP contribution in [0.15, 0.2) is 54.4 Å². The van der Waals surface area contributed by atoms with Gasteiger partial charge in [-0.2, -0.15) is 5.26 Å². The lowest BCUT2D eigenvalue weighted by molar-refractivity contribution is 0.541. The first-order chi connectivity index (χ1) is 12.1. The normalized spacial score (nSPS) is 11.8. The first-order valence-electron chi connectivity index (χ1n) is 8.76. The number of hydrogen-bond acceptors (Lipinski definition) is 1. The maximum atomic E-state index is 14.1. The molecule has 25 heavy (non-hydrogen) atoms. The number of nitrogens with zero attached hydrogens (tertiary/aromatic N) is 1. The number of halogens is 2. The lowest BCUT2D eigenvalue weighted by atomic mass is 10.0. The highest BCUT2D eigenvalue weighted by Gasteiger charge is 2.09. The van der Waals surface area contributed by atoms with Gasteiger partial charge in [-0.25, -0.2) is 8.78 Å². The second-order valence-corrected chi connectivity index (χ2v) is 6.18. The maximum absolute atomic E-state index is 14.1. The highest BCUT2D eigenvalue weighted by molar-refractivity contribution is 5.61. The molecule has 0 heterocycles. The van der Waals surface area contributed by atoms with Gasteiger partial charge in [0.25, 0.3) is 0 Å². The van der Waals surface area contributed by atoms with E-state index in [1.165, 1.54) is 0 Å². The number of rotatable bonds is 8. The van der Waals surface area contributed by atoms with Crippen molar-refractivity contribution in [1.82, 2.24) is 0 Å². The predicted molar refractivity (Wildman–Crippen MR) is 98.3 cm³/mol. The lowest BCUT2D eigenvalue weighted by Crippen LogP contribution is -1.92. The summed E-state index contributed by atoms with van der Waals surface area (Å²) in [4.78, 5) is 0. The Morgan fingerprint density at radius 2 is 1.44 bits per heavy atom. The van der Waals surface area contributed by atoms with Crippen LogP contribution < -0.4 is 0 Å². The van der Waals surface area contributed by atoms with E-state index in [2.05, 4.69) is 6.07 Å². The van der Waals surface area contributed by atoms with E-state index in [1.807, 2.05) is 31.2 Å². The Bertz CT molecular complexity index is 737. The molecule has 0 aliphatic rings. The van der Waals surface area contributed by atoms with Gasteiger partial charge in [0, 0.05) is 12.0 Å². The van der Waals surface area contributed by atoms with Gasteiger partial charge in [-0.1, -0.05) is 56.2 Å². The van der Waals surface area contributed by atoms with Gasteiger partial charge < -0.3 is 0 Å². The Balaban J connectivity index is 1.94. The molecule has 2 aromatic rings. The van der Waals surface area contributed by atoms with Gasteiger partial charge in [-0.05, 0) is 42.5 Å². The summed E-state index contributed by atoms with van der Waals surface area (Å²) < 4.78 is 27.9. The Labute approximate surface area is 148 Å². The molecular weight excluding hydrogens is 316 g/mol. The summed E-state index contributed by atoms with van der Waals surface area (Å²) >= 11 is 0. The molecule has 1 nitrogen and oxygen atoms in total. The molecule has 3 heteroatoms. The van der Waals surface area contributed by atoms with Gasteiger partial charge in [0.15, 0.2) is 5.83 Å². The van der Waals surface area contributed by atoms with Crippen LogP contribution >= 0.6 is 0 Å². The van der Waals surface area contributed by atoms with Crippen LogP contribution in [0.2, 0.25) is 0 Å². The molecule has 0 N–H and O–H groups in total. The molecule has 0 unspecified atom stereocenters. The number of nitriles is 1. The number of allylic oxidation sites excluding steroid dienone is 1. The molecule has 0 aliphatic heterocycles. The highest BCUT2D eigenvalue weighted by atomic mass is 19.2. The van der Waals surface area contributed by atoms with Crippen molar-refractivity contribution in [2.24, 2.45) is 0 Å². The monoisotopic (exact) mass is 339 g/mol. The van der Waals surface area contributed by atoms with E-state index in [-0.39, 0.29) is 6.42 Å². The first-order valence-corrected chi connectivity index (χ1v) is 8.76. The minimum Gasteiger partial charge on any atom is -0.209 e. The highest BCUT2D eigenvalue weighted by Crippen LogP contribution is 2.25. The molecule has 0 saturated carbocycles. The van der Waals surface area contributed by atoms with Crippen LogP contribution in [0.3, 0.4) is 0 Å². The largest absolute Gasteiger partial charge is 0.209 e. The van der Waals surface area contributed by atoms with Crippen LogP contribution in [0, 0.1) is 11.3 Å². The standard InChI is InChI=1S/C22H23F2N/c1-2-3-4-5-21(23)22(24)20-14-12-18(13-15-20)7-6-17-8-10-19(16-25)11-9-17/h8-15H,2-7H2,1H3/b22-21+. The minimum absolute atomic E-state index is 0.167. The Morgan fingerprint density at radius 3 is 1.96 bits per heavy atom. The van der Waals surface area contributed by atoms with Crippen LogP contribution in [0.4, 0.5) is 8.78 Å². The third-order valence-corrected chi connectivity index (χ3v) is 4.23. The van der Waals surface area contributed by atoms with E-state index in [0.29, 0.717) is 17.5 Å². The molecule has 0 spiro atoms. The second kappa shape index (κ2) is 9.74. The number of unbranched alkanes of at least 4 members (excludes halogenated alkanes) is 2. The zero-order chi connectivity index (χ0) is 18.1. The van der Waals surface area contributed by atoms with Crippen LogP contribution in [-0.2, 0) is 12.8 Å². The summed E-state index contributed by atoms with van der Waals surface area (Å²) in [5.74, 6) is -1.39. The van der Waals surface area contributed by atoms with Crippen molar-refractivity contribution in [1.29, 1.82) is 5.26 Å². The summed E-state index contributed by atoms with van der Waals surface area (Å²) in [6.45, 7) is 2.04. The Hall–Kier alpha value is -2.47. The van der Waals surface area contributed by atoms with Crippen molar-refractivity contribution in [2.75, 3.05) is 0 Å². The van der Waals surface area contributed by atoms with Crippen LogP contribution in [0.25, 0.3) is 5.83 Å². The third kappa shape index (κ3) is 5.83. The third-order valence-electron chi connectivity index (χ3n) is 4.23.